The van der Waals surface area contributed by atoms with E-state index < -0.39 is 38.7 Å². The maximum atomic E-state index is 12.5. The van der Waals surface area contributed by atoms with E-state index in [1.54, 1.807) is 12.1 Å². The minimum atomic E-state index is -4.25. The van der Waals surface area contributed by atoms with Gasteiger partial charge in [0.2, 0.25) is 0 Å². The van der Waals surface area contributed by atoms with Crippen LogP contribution in [-0.4, -0.2) is 37.1 Å². The lowest BCUT2D eigenvalue weighted by molar-refractivity contribution is -0.135. The monoisotopic (exact) mass is 395 g/mol. The minimum Gasteiger partial charge on any atom is -0.508 e. The summed E-state index contributed by atoms with van der Waals surface area (Å²) < 4.78 is 29.8. The van der Waals surface area contributed by atoms with Crippen molar-refractivity contribution in [3.63, 3.8) is 0 Å². The molecule has 1 aromatic carbocycles. The van der Waals surface area contributed by atoms with Gasteiger partial charge in [0.1, 0.15) is 17.6 Å². The Morgan fingerprint density at radius 3 is 2.48 bits per heavy atom. The van der Waals surface area contributed by atoms with Gasteiger partial charge in [0.25, 0.3) is 0 Å². The standard InChI is InChI=1S/C19H25NO6S/c1-18(2)13-7-8-19(18,16(22)10-13)11-27(24,25)26-17(23)15(20)9-12-3-5-14(21)6-4-12/h3-6,13,15,21H,7-11,20H2,1-2H3/t13?,15-,19?/m0/s1. The number of nitrogens with two attached hydrogens (primary N) is 1. The van der Waals surface area contributed by atoms with Gasteiger partial charge < -0.3 is 15.0 Å². The summed E-state index contributed by atoms with van der Waals surface area (Å²) in [6.45, 7) is 3.84. The number of carbonyl (C=O) groups is 2. The number of Topliss-reactive ketones (excluding diaryl/α,β-unsaturated/α-hetero) is 1. The molecule has 2 aliphatic carbocycles. The van der Waals surface area contributed by atoms with Crippen LogP contribution < -0.4 is 5.73 Å². The maximum absolute atomic E-state index is 12.5. The van der Waals surface area contributed by atoms with Gasteiger partial charge in [-0.2, -0.15) is 8.42 Å². The van der Waals surface area contributed by atoms with E-state index in [0.717, 1.165) is 6.42 Å². The van der Waals surface area contributed by atoms with E-state index in [1.165, 1.54) is 12.1 Å². The van der Waals surface area contributed by atoms with E-state index in [1.807, 2.05) is 13.8 Å². The second kappa shape index (κ2) is 6.60. The van der Waals surface area contributed by atoms with Gasteiger partial charge in [-0.15, -0.1) is 0 Å². The second-order valence-electron chi connectivity index (χ2n) is 8.25. The molecule has 27 heavy (non-hydrogen) atoms. The molecule has 0 aliphatic heterocycles. The normalized spacial score (nSPS) is 27.5. The zero-order chi connectivity index (χ0) is 20.0. The third-order valence-electron chi connectivity index (χ3n) is 6.47. The molecule has 7 nitrogen and oxygen atoms in total. The lowest BCUT2D eigenvalue weighted by Gasteiger charge is -2.35. The van der Waals surface area contributed by atoms with Crippen molar-refractivity contribution < 1.29 is 27.3 Å². The molecule has 0 heterocycles. The summed E-state index contributed by atoms with van der Waals surface area (Å²) in [6, 6.07) is 4.93. The van der Waals surface area contributed by atoms with Crippen LogP contribution in [0.2, 0.25) is 0 Å². The number of ketones is 1. The molecule has 0 radical (unpaired) electrons. The molecule has 148 valence electrons. The Labute approximate surface area is 159 Å². The third-order valence-corrected chi connectivity index (χ3v) is 7.73. The van der Waals surface area contributed by atoms with Crippen LogP contribution in [0.25, 0.3) is 0 Å². The van der Waals surface area contributed by atoms with Crippen LogP contribution in [0.4, 0.5) is 0 Å². The lowest BCUT2D eigenvalue weighted by atomic mass is 9.70. The Balaban J connectivity index is 1.68. The summed E-state index contributed by atoms with van der Waals surface area (Å²) in [5.74, 6) is -1.34. The molecule has 0 amide bonds. The van der Waals surface area contributed by atoms with Crippen molar-refractivity contribution in [1.82, 2.24) is 0 Å². The quantitative estimate of drug-likeness (QED) is 0.700. The van der Waals surface area contributed by atoms with Crippen LogP contribution in [0.3, 0.4) is 0 Å². The highest BCUT2D eigenvalue weighted by molar-refractivity contribution is 7.87. The minimum absolute atomic E-state index is 0.0586. The fourth-order valence-corrected chi connectivity index (χ4v) is 6.31. The van der Waals surface area contributed by atoms with Crippen molar-refractivity contribution in [3.05, 3.63) is 29.8 Å². The van der Waals surface area contributed by atoms with Crippen LogP contribution in [0.1, 0.15) is 38.7 Å². The van der Waals surface area contributed by atoms with Gasteiger partial charge in [-0.05, 0) is 48.3 Å². The molecule has 2 aliphatic rings. The van der Waals surface area contributed by atoms with Crippen molar-refractivity contribution in [2.75, 3.05) is 5.75 Å². The number of fused-ring (bicyclic) bond motifs is 2. The first-order valence-corrected chi connectivity index (χ1v) is 10.6. The lowest BCUT2D eigenvalue weighted by Crippen LogP contribution is -2.44. The Kier molecular flexibility index (Phi) is 4.84. The van der Waals surface area contributed by atoms with Crippen molar-refractivity contribution in [1.29, 1.82) is 0 Å². The number of rotatable bonds is 6. The molecule has 2 bridgehead atoms. The molecule has 2 saturated carbocycles. The molecular weight excluding hydrogens is 370 g/mol. The summed E-state index contributed by atoms with van der Waals surface area (Å²) in [7, 11) is -4.25. The first-order valence-electron chi connectivity index (χ1n) is 9.00. The second-order valence-corrected chi connectivity index (χ2v) is 9.82. The van der Waals surface area contributed by atoms with Crippen molar-refractivity contribution in [2.45, 2.75) is 45.6 Å². The summed E-state index contributed by atoms with van der Waals surface area (Å²) in [4.78, 5) is 24.7. The van der Waals surface area contributed by atoms with Gasteiger partial charge in [-0.3, -0.25) is 4.79 Å². The topological polar surface area (TPSA) is 124 Å². The van der Waals surface area contributed by atoms with Gasteiger partial charge >= 0.3 is 16.1 Å². The van der Waals surface area contributed by atoms with Crippen molar-refractivity contribution >= 4 is 21.9 Å². The van der Waals surface area contributed by atoms with Gasteiger partial charge in [-0.1, -0.05) is 26.0 Å². The highest BCUT2D eigenvalue weighted by Gasteiger charge is 2.65. The molecule has 8 heteroatoms. The molecule has 3 atom stereocenters. The van der Waals surface area contributed by atoms with Gasteiger partial charge in [0.05, 0.1) is 11.2 Å². The third kappa shape index (κ3) is 3.48. The fraction of sp³-hybridized carbons (Fsp3) is 0.579. The average Bonchev–Trinajstić information content (AvgIpc) is 2.90. The molecule has 1 aromatic rings. The number of aromatic hydroxyl groups is 1. The zero-order valence-electron chi connectivity index (χ0n) is 15.5. The average molecular weight is 395 g/mol. The highest BCUT2D eigenvalue weighted by atomic mass is 32.2. The first-order chi connectivity index (χ1) is 12.5. The fourth-order valence-electron chi connectivity index (χ4n) is 4.60. The van der Waals surface area contributed by atoms with E-state index in [4.69, 9.17) is 9.92 Å². The first kappa shape index (κ1) is 19.8. The molecule has 2 fully saturated rings. The Morgan fingerprint density at radius 1 is 1.33 bits per heavy atom. The number of phenolic OH excluding ortho intramolecular Hbond substituents is 1. The number of hydrogen-bond acceptors (Lipinski definition) is 7. The number of benzene rings is 1. The van der Waals surface area contributed by atoms with Gasteiger partial charge in [-0.25, -0.2) is 4.79 Å². The molecule has 3 rings (SSSR count). The van der Waals surface area contributed by atoms with Crippen LogP contribution in [0.5, 0.6) is 5.75 Å². The number of carbonyl (C=O) groups excluding carboxylic acids is 2. The predicted octanol–water partition coefficient (Wildman–Crippen LogP) is 1.53. The molecule has 0 aromatic heterocycles. The Morgan fingerprint density at radius 2 is 1.96 bits per heavy atom. The Bertz CT molecular complexity index is 861. The van der Waals surface area contributed by atoms with E-state index >= 15 is 0 Å². The van der Waals surface area contributed by atoms with E-state index in [-0.39, 0.29) is 23.9 Å². The van der Waals surface area contributed by atoms with Crippen LogP contribution >= 0.6 is 0 Å². The number of phenols is 1. The smallest absolute Gasteiger partial charge is 0.339 e. The molecular formula is C19H25NO6S. The van der Waals surface area contributed by atoms with Gasteiger partial charge in [0.15, 0.2) is 0 Å². The molecule has 0 saturated heterocycles. The van der Waals surface area contributed by atoms with Crippen molar-refractivity contribution in [2.24, 2.45) is 22.5 Å². The predicted molar refractivity (Wildman–Crippen MR) is 98.2 cm³/mol. The van der Waals surface area contributed by atoms with E-state index in [0.29, 0.717) is 18.4 Å². The SMILES string of the molecule is CC1(C)C2CCC1(CS(=O)(=O)OC(=O)[C@@H](N)Cc1ccc(O)cc1)C(=O)C2. The van der Waals surface area contributed by atoms with Crippen LogP contribution in [0, 0.1) is 16.7 Å². The summed E-state index contributed by atoms with van der Waals surface area (Å²) >= 11 is 0. The van der Waals surface area contributed by atoms with Crippen LogP contribution in [-0.2, 0) is 30.3 Å². The van der Waals surface area contributed by atoms with E-state index in [9.17, 15) is 23.1 Å². The summed E-state index contributed by atoms with van der Waals surface area (Å²) in [5, 5.41) is 9.27. The zero-order valence-corrected chi connectivity index (χ0v) is 16.3. The van der Waals surface area contributed by atoms with Crippen LogP contribution in [0.15, 0.2) is 24.3 Å². The Hall–Kier alpha value is -1.93. The summed E-state index contributed by atoms with van der Waals surface area (Å²) in [6.07, 6.45) is 1.77. The maximum Gasteiger partial charge on any atom is 0.339 e. The molecule has 3 N–H and O–H groups in total. The largest absolute Gasteiger partial charge is 0.508 e. The van der Waals surface area contributed by atoms with Gasteiger partial charge in [0, 0.05) is 6.42 Å². The summed E-state index contributed by atoms with van der Waals surface area (Å²) in [5.41, 5.74) is 5.03. The molecule has 0 spiro atoms. The highest BCUT2D eigenvalue weighted by Crippen LogP contribution is 2.64. The van der Waals surface area contributed by atoms with Crippen molar-refractivity contribution in [3.8, 4) is 5.75 Å². The number of hydrogen-bond donors (Lipinski definition) is 2. The molecule has 2 unspecified atom stereocenters. The van der Waals surface area contributed by atoms with E-state index in [2.05, 4.69) is 0 Å².